The standard InChI is InChI=1S/C13H18FNO3S/c1-5-17-10-7-11(19)9(6-8(10)14)15-12(16)18-13(2,3)4/h6-7,19H,5H2,1-4H3,(H,15,16). The van der Waals surface area contributed by atoms with Crippen LogP contribution in [-0.2, 0) is 4.74 Å². The van der Waals surface area contributed by atoms with Crippen molar-refractivity contribution in [3.63, 3.8) is 0 Å². The lowest BCUT2D eigenvalue weighted by Crippen LogP contribution is -2.27. The third-order valence-corrected chi connectivity index (χ3v) is 2.36. The van der Waals surface area contributed by atoms with Crippen LogP contribution in [0.25, 0.3) is 0 Å². The number of hydrogen-bond donors (Lipinski definition) is 2. The van der Waals surface area contributed by atoms with E-state index in [1.54, 1.807) is 27.7 Å². The van der Waals surface area contributed by atoms with Gasteiger partial charge in [0.1, 0.15) is 5.60 Å². The molecule has 6 heteroatoms. The Hall–Kier alpha value is -1.43. The molecule has 19 heavy (non-hydrogen) atoms. The Bertz CT molecular complexity index is 472. The molecule has 0 spiro atoms. The minimum atomic E-state index is -0.661. The predicted octanol–water partition coefficient (Wildman–Crippen LogP) is 3.86. The summed E-state index contributed by atoms with van der Waals surface area (Å²) >= 11 is 4.18. The molecule has 0 aliphatic rings. The Morgan fingerprint density at radius 1 is 1.42 bits per heavy atom. The summed E-state index contributed by atoms with van der Waals surface area (Å²) in [6, 6.07) is 2.56. The van der Waals surface area contributed by atoms with Gasteiger partial charge in [0.15, 0.2) is 11.6 Å². The van der Waals surface area contributed by atoms with Crippen LogP contribution in [0.4, 0.5) is 14.9 Å². The molecule has 0 saturated carbocycles. The molecule has 0 bridgehead atoms. The van der Waals surface area contributed by atoms with E-state index in [4.69, 9.17) is 9.47 Å². The van der Waals surface area contributed by atoms with Gasteiger partial charge < -0.3 is 9.47 Å². The summed E-state index contributed by atoms with van der Waals surface area (Å²) in [5.41, 5.74) is -0.386. The summed E-state index contributed by atoms with van der Waals surface area (Å²) in [5.74, 6) is -0.465. The van der Waals surface area contributed by atoms with Crippen molar-refractivity contribution in [1.29, 1.82) is 0 Å². The van der Waals surface area contributed by atoms with Crippen LogP contribution >= 0.6 is 12.6 Å². The first-order chi connectivity index (χ1) is 8.73. The van der Waals surface area contributed by atoms with Crippen molar-refractivity contribution in [3.05, 3.63) is 17.9 Å². The first-order valence-electron chi connectivity index (χ1n) is 5.88. The molecule has 0 aliphatic heterocycles. The van der Waals surface area contributed by atoms with Crippen LogP contribution in [0.2, 0.25) is 0 Å². The molecule has 0 unspecified atom stereocenters. The first kappa shape index (κ1) is 15.6. The number of rotatable bonds is 3. The van der Waals surface area contributed by atoms with Gasteiger partial charge in [0.2, 0.25) is 0 Å². The fourth-order valence-corrected chi connectivity index (χ4v) is 1.56. The van der Waals surface area contributed by atoms with Gasteiger partial charge in [0.05, 0.1) is 12.3 Å². The maximum absolute atomic E-state index is 13.7. The molecule has 0 heterocycles. The number of benzene rings is 1. The van der Waals surface area contributed by atoms with Gasteiger partial charge in [-0.2, -0.15) is 0 Å². The van der Waals surface area contributed by atoms with Crippen LogP contribution in [0.5, 0.6) is 5.75 Å². The third-order valence-electron chi connectivity index (χ3n) is 1.99. The highest BCUT2D eigenvalue weighted by Gasteiger charge is 2.18. The van der Waals surface area contributed by atoms with E-state index in [2.05, 4.69) is 17.9 Å². The van der Waals surface area contributed by atoms with E-state index in [0.717, 1.165) is 6.07 Å². The van der Waals surface area contributed by atoms with Gasteiger partial charge in [-0.1, -0.05) is 0 Å². The fraction of sp³-hybridized carbons (Fsp3) is 0.462. The molecule has 1 aromatic rings. The predicted molar refractivity (Wildman–Crippen MR) is 74.7 cm³/mol. The van der Waals surface area contributed by atoms with Crippen LogP contribution in [0.1, 0.15) is 27.7 Å². The second-order valence-corrected chi connectivity index (χ2v) is 5.34. The number of halogens is 1. The number of carbonyl (C=O) groups excluding carboxylic acids is 1. The zero-order valence-corrected chi connectivity index (χ0v) is 12.3. The van der Waals surface area contributed by atoms with Gasteiger partial charge in [-0.15, -0.1) is 12.6 Å². The van der Waals surface area contributed by atoms with E-state index < -0.39 is 17.5 Å². The van der Waals surface area contributed by atoms with E-state index in [9.17, 15) is 9.18 Å². The highest BCUT2D eigenvalue weighted by atomic mass is 32.1. The van der Waals surface area contributed by atoms with Gasteiger partial charge in [0, 0.05) is 11.0 Å². The first-order valence-corrected chi connectivity index (χ1v) is 6.33. The zero-order chi connectivity index (χ0) is 14.6. The summed E-state index contributed by atoms with van der Waals surface area (Å²) < 4.78 is 23.8. The summed E-state index contributed by atoms with van der Waals surface area (Å²) in [7, 11) is 0. The molecular formula is C13H18FNO3S. The molecule has 106 valence electrons. The summed E-state index contributed by atoms with van der Waals surface area (Å²) in [5, 5.41) is 2.44. The van der Waals surface area contributed by atoms with Crippen molar-refractivity contribution >= 4 is 24.4 Å². The minimum Gasteiger partial charge on any atom is -0.491 e. The van der Waals surface area contributed by atoms with E-state index in [0.29, 0.717) is 11.5 Å². The number of hydrogen-bond acceptors (Lipinski definition) is 4. The summed E-state index contributed by atoms with van der Waals surface area (Å²) in [4.78, 5) is 12.0. The van der Waals surface area contributed by atoms with Gasteiger partial charge in [-0.3, -0.25) is 5.32 Å². The molecule has 4 nitrogen and oxygen atoms in total. The Kier molecular flexibility index (Phi) is 5.05. The largest absolute Gasteiger partial charge is 0.491 e. The van der Waals surface area contributed by atoms with Crippen LogP contribution < -0.4 is 10.1 Å². The second-order valence-electron chi connectivity index (χ2n) is 4.86. The van der Waals surface area contributed by atoms with Gasteiger partial charge in [-0.25, -0.2) is 9.18 Å². The lowest BCUT2D eigenvalue weighted by atomic mass is 10.2. The van der Waals surface area contributed by atoms with Crippen molar-refractivity contribution in [2.75, 3.05) is 11.9 Å². The van der Waals surface area contributed by atoms with Crippen LogP contribution in [0.15, 0.2) is 17.0 Å². The van der Waals surface area contributed by atoms with E-state index in [1.807, 2.05) is 0 Å². The number of thiol groups is 1. The quantitative estimate of drug-likeness (QED) is 0.830. The molecule has 0 saturated heterocycles. The molecule has 0 aromatic heterocycles. The van der Waals surface area contributed by atoms with Crippen molar-refractivity contribution in [1.82, 2.24) is 0 Å². The lowest BCUT2D eigenvalue weighted by Gasteiger charge is -2.20. The molecule has 0 radical (unpaired) electrons. The molecule has 1 rings (SSSR count). The third kappa shape index (κ3) is 4.98. The van der Waals surface area contributed by atoms with Crippen LogP contribution in [0, 0.1) is 5.82 Å². The molecule has 1 N–H and O–H groups in total. The average Bonchev–Trinajstić information content (AvgIpc) is 2.22. The lowest BCUT2D eigenvalue weighted by molar-refractivity contribution is 0.0635. The SMILES string of the molecule is CCOc1cc(S)c(NC(=O)OC(C)(C)C)cc1F. The Morgan fingerprint density at radius 3 is 2.58 bits per heavy atom. The summed E-state index contributed by atoms with van der Waals surface area (Å²) in [6.07, 6.45) is -0.661. The molecular weight excluding hydrogens is 269 g/mol. The number of carbonyl (C=O) groups is 1. The van der Waals surface area contributed by atoms with E-state index >= 15 is 0 Å². The Balaban J connectivity index is 2.85. The molecule has 1 amide bonds. The van der Waals surface area contributed by atoms with Gasteiger partial charge >= 0.3 is 6.09 Å². The van der Waals surface area contributed by atoms with Crippen LogP contribution in [-0.4, -0.2) is 18.3 Å². The molecule has 0 atom stereocenters. The highest BCUT2D eigenvalue weighted by Crippen LogP contribution is 2.29. The maximum atomic E-state index is 13.7. The van der Waals surface area contributed by atoms with Gasteiger partial charge in [-0.05, 0) is 33.8 Å². The minimum absolute atomic E-state index is 0.0993. The fourth-order valence-electron chi connectivity index (χ4n) is 1.32. The monoisotopic (exact) mass is 287 g/mol. The maximum Gasteiger partial charge on any atom is 0.412 e. The summed E-state index contributed by atoms with van der Waals surface area (Å²) in [6.45, 7) is 7.33. The van der Waals surface area contributed by atoms with E-state index in [-0.39, 0.29) is 11.4 Å². The van der Waals surface area contributed by atoms with Crippen molar-refractivity contribution < 1.29 is 18.7 Å². The molecule has 1 aromatic carbocycles. The smallest absolute Gasteiger partial charge is 0.412 e. The van der Waals surface area contributed by atoms with Crippen molar-refractivity contribution in [3.8, 4) is 5.75 Å². The number of amides is 1. The van der Waals surface area contributed by atoms with E-state index in [1.165, 1.54) is 6.07 Å². The van der Waals surface area contributed by atoms with Crippen LogP contribution in [0.3, 0.4) is 0 Å². The zero-order valence-electron chi connectivity index (χ0n) is 11.4. The Labute approximate surface area is 117 Å². The number of nitrogens with one attached hydrogen (secondary N) is 1. The number of ether oxygens (including phenoxy) is 2. The highest BCUT2D eigenvalue weighted by molar-refractivity contribution is 7.80. The Morgan fingerprint density at radius 2 is 2.05 bits per heavy atom. The number of anilines is 1. The normalized spacial score (nSPS) is 11.1. The van der Waals surface area contributed by atoms with Crippen molar-refractivity contribution in [2.24, 2.45) is 0 Å². The topological polar surface area (TPSA) is 47.6 Å². The second kappa shape index (κ2) is 6.14. The molecule has 0 aliphatic carbocycles. The van der Waals surface area contributed by atoms with Gasteiger partial charge in [0.25, 0.3) is 0 Å². The van der Waals surface area contributed by atoms with Crippen molar-refractivity contribution in [2.45, 2.75) is 38.2 Å². The molecule has 0 fully saturated rings. The average molecular weight is 287 g/mol.